The second kappa shape index (κ2) is 10.8. The molecule has 3 aliphatic carbocycles. The first kappa shape index (κ1) is 26.2. The Morgan fingerprint density at radius 3 is 2.08 bits per heavy atom. The highest BCUT2D eigenvalue weighted by atomic mass is 16.5. The van der Waals surface area contributed by atoms with E-state index in [2.05, 4.69) is 62.1 Å². The molecule has 1 amide bonds. The van der Waals surface area contributed by atoms with E-state index in [1.54, 1.807) is 12.1 Å². The standard InChI is InChI=1S/C34H39NO3/c1-23-30-20-29(34(30,2)3)21-31(23)35(32(36)19-12-24-8-6-5-7-9-24)22-25-10-13-26(14-11-25)27-15-17-28(18-16-27)33(37)38-4/h5-11,13-18,23,29-31H,12,19-22H2,1-4H3. The molecule has 3 saturated carbocycles. The molecule has 2 bridgehead atoms. The fourth-order valence-electron chi connectivity index (χ4n) is 6.88. The van der Waals surface area contributed by atoms with Crippen LogP contribution in [0.1, 0.15) is 61.5 Å². The van der Waals surface area contributed by atoms with Gasteiger partial charge in [-0.25, -0.2) is 4.79 Å². The summed E-state index contributed by atoms with van der Waals surface area (Å²) >= 11 is 0. The summed E-state index contributed by atoms with van der Waals surface area (Å²) in [6, 6.07) is 26.6. The zero-order valence-electron chi connectivity index (χ0n) is 23.0. The van der Waals surface area contributed by atoms with Crippen LogP contribution in [0.25, 0.3) is 11.1 Å². The molecule has 4 heteroatoms. The van der Waals surface area contributed by atoms with Crippen LogP contribution >= 0.6 is 0 Å². The molecule has 3 aromatic rings. The van der Waals surface area contributed by atoms with Crippen LogP contribution in [-0.2, 0) is 22.5 Å². The van der Waals surface area contributed by atoms with E-state index in [0.29, 0.717) is 47.7 Å². The third-order valence-electron chi connectivity index (χ3n) is 9.45. The molecule has 4 nitrogen and oxygen atoms in total. The second-order valence-corrected chi connectivity index (χ2v) is 11.8. The summed E-state index contributed by atoms with van der Waals surface area (Å²) < 4.78 is 4.80. The maximum Gasteiger partial charge on any atom is 0.337 e. The molecule has 198 valence electrons. The summed E-state index contributed by atoms with van der Waals surface area (Å²) in [4.78, 5) is 27.7. The number of rotatable bonds is 8. The molecule has 0 saturated heterocycles. The Kier molecular flexibility index (Phi) is 7.43. The lowest BCUT2D eigenvalue weighted by Gasteiger charge is -2.63. The summed E-state index contributed by atoms with van der Waals surface area (Å²) in [6.07, 6.45) is 3.72. The van der Waals surface area contributed by atoms with E-state index in [-0.39, 0.29) is 11.9 Å². The molecular formula is C34H39NO3. The van der Waals surface area contributed by atoms with Crippen molar-refractivity contribution in [2.24, 2.45) is 23.2 Å². The minimum absolute atomic E-state index is 0.257. The summed E-state index contributed by atoms with van der Waals surface area (Å²) in [5, 5.41) is 0. The predicted octanol–water partition coefficient (Wildman–Crippen LogP) is 7.17. The number of carbonyl (C=O) groups is 2. The summed E-state index contributed by atoms with van der Waals surface area (Å²) in [7, 11) is 1.39. The van der Waals surface area contributed by atoms with Crippen LogP contribution in [0.4, 0.5) is 0 Å². The van der Waals surface area contributed by atoms with Crippen molar-refractivity contribution in [3.05, 3.63) is 95.6 Å². The van der Waals surface area contributed by atoms with Crippen molar-refractivity contribution in [2.75, 3.05) is 7.11 Å². The van der Waals surface area contributed by atoms with Crippen molar-refractivity contribution in [1.82, 2.24) is 4.90 Å². The molecule has 0 aromatic heterocycles. The molecule has 0 heterocycles. The maximum absolute atomic E-state index is 13.7. The molecule has 4 unspecified atom stereocenters. The first-order chi connectivity index (χ1) is 18.3. The minimum atomic E-state index is -0.332. The molecule has 3 aromatic carbocycles. The summed E-state index contributed by atoms with van der Waals surface area (Å²) in [5.41, 5.74) is 5.42. The molecule has 0 N–H and O–H groups in total. The van der Waals surface area contributed by atoms with Crippen LogP contribution in [0.5, 0.6) is 0 Å². The molecule has 3 aliphatic rings. The van der Waals surface area contributed by atoms with Gasteiger partial charge in [-0.2, -0.15) is 0 Å². The van der Waals surface area contributed by atoms with Crippen LogP contribution in [-0.4, -0.2) is 29.9 Å². The lowest BCUT2D eigenvalue weighted by molar-refractivity contribution is -0.159. The van der Waals surface area contributed by atoms with E-state index in [4.69, 9.17) is 4.74 Å². The third-order valence-corrected chi connectivity index (χ3v) is 9.45. The number of methoxy groups -OCH3 is 1. The van der Waals surface area contributed by atoms with Gasteiger partial charge in [-0.05, 0) is 76.8 Å². The van der Waals surface area contributed by atoms with E-state index < -0.39 is 0 Å². The SMILES string of the molecule is COC(=O)c1ccc(-c2ccc(CN(C(=O)CCc3ccccc3)C3CC4CC(C3C)C4(C)C)cc2)cc1. The largest absolute Gasteiger partial charge is 0.465 e. The lowest BCUT2D eigenvalue weighted by Crippen LogP contribution is -2.61. The molecule has 0 aliphatic heterocycles. The number of carbonyl (C=O) groups excluding carboxylic acids is 2. The van der Waals surface area contributed by atoms with Crippen molar-refractivity contribution in [2.45, 2.75) is 59.0 Å². The highest BCUT2D eigenvalue weighted by Gasteiger charge is 2.57. The Balaban J connectivity index is 1.33. The van der Waals surface area contributed by atoms with Crippen LogP contribution in [0.2, 0.25) is 0 Å². The van der Waals surface area contributed by atoms with Gasteiger partial charge < -0.3 is 9.64 Å². The van der Waals surface area contributed by atoms with Crippen LogP contribution < -0.4 is 0 Å². The smallest absolute Gasteiger partial charge is 0.337 e. The van der Waals surface area contributed by atoms with Gasteiger partial charge >= 0.3 is 5.97 Å². The van der Waals surface area contributed by atoms with Crippen molar-refractivity contribution >= 4 is 11.9 Å². The normalized spacial score (nSPS) is 23.3. The number of esters is 1. The predicted molar refractivity (Wildman–Crippen MR) is 151 cm³/mol. The topological polar surface area (TPSA) is 46.6 Å². The average Bonchev–Trinajstić information content (AvgIpc) is 2.95. The van der Waals surface area contributed by atoms with Gasteiger partial charge in [0.15, 0.2) is 0 Å². The van der Waals surface area contributed by atoms with Gasteiger partial charge in [-0.3, -0.25) is 4.79 Å². The fourth-order valence-corrected chi connectivity index (χ4v) is 6.88. The molecule has 6 rings (SSSR count). The highest BCUT2D eigenvalue weighted by molar-refractivity contribution is 5.90. The van der Waals surface area contributed by atoms with Gasteiger partial charge in [0.25, 0.3) is 0 Å². The first-order valence-electron chi connectivity index (χ1n) is 13.9. The number of amides is 1. The minimum Gasteiger partial charge on any atom is -0.465 e. The van der Waals surface area contributed by atoms with E-state index in [1.807, 2.05) is 30.3 Å². The van der Waals surface area contributed by atoms with Gasteiger partial charge in [0.05, 0.1) is 12.7 Å². The van der Waals surface area contributed by atoms with Crippen LogP contribution in [0.15, 0.2) is 78.9 Å². The Morgan fingerprint density at radius 2 is 1.50 bits per heavy atom. The van der Waals surface area contributed by atoms with E-state index in [0.717, 1.165) is 29.5 Å². The number of benzene rings is 3. The zero-order valence-corrected chi connectivity index (χ0v) is 23.0. The molecule has 3 fully saturated rings. The Labute approximate surface area is 227 Å². The number of hydrogen-bond donors (Lipinski definition) is 0. The van der Waals surface area contributed by atoms with E-state index in [9.17, 15) is 9.59 Å². The van der Waals surface area contributed by atoms with Gasteiger partial charge in [-0.1, -0.05) is 87.5 Å². The highest BCUT2D eigenvalue weighted by Crippen LogP contribution is 2.62. The molecule has 4 atom stereocenters. The number of hydrogen-bond acceptors (Lipinski definition) is 3. The fraction of sp³-hybridized carbons (Fsp3) is 0.412. The number of aryl methyl sites for hydroxylation is 1. The van der Waals surface area contributed by atoms with Crippen molar-refractivity contribution in [1.29, 1.82) is 0 Å². The van der Waals surface area contributed by atoms with Crippen LogP contribution in [0, 0.1) is 23.2 Å². The maximum atomic E-state index is 13.7. The Hall–Kier alpha value is -3.40. The number of ether oxygens (including phenoxy) is 1. The summed E-state index contributed by atoms with van der Waals surface area (Å²) in [5.74, 6) is 1.82. The van der Waals surface area contributed by atoms with E-state index >= 15 is 0 Å². The van der Waals surface area contributed by atoms with Crippen molar-refractivity contribution in [3.8, 4) is 11.1 Å². The van der Waals surface area contributed by atoms with Gasteiger partial charge in [0.1, 0.15) is 0 Å². The molecule has 38 heavy (non-hydrogen) atoms. The van der Waals surface area contributed by atoms with Crippen molar-refractivity contribution in [3.63, 3.8) is 0 Å². The molecule has 0 radical (unpaired) electrons. The van der Waals surface area contributed by atoms with E-state index in [1.165, 1.54) is 19.1 Å². The third kappa shape index (κ3) is 5.14. The van der Waals surface area contributed by atoms with Gasteiger partial charge in [0.2, 0.25) is 5.91 Å². The second-order valence-electron chi connectivity index (χ2n) is 11.8. The monoisotopic (exact) mass is 509 g/mol. The first-order valence-corrected chi connectivity index (χ1v) is 13.9. The Bertz CT molecular complexity index is 1260. The average molecular weight is 510 g/mol. The van der Waals surface area contributed by atoms with Gasteiger partial charge in [-0.15, -0.1) is 0 Å². The van der Waals surface area contributed by atoms with Crippen molar-refractivity contribution < 1.29 is 14.3 Å². The quantitative estimate of drug-likeness (QED) is 0.302. The molecule has 0 spiro atoms. The number of fused-ring (bicyclic) bond motifs is 2. The Morgan fingerprint density at radius 1 is 0.868 bits per heavy atom. The lowest BCUT2D eigenvalue weighted by atomic mass is 9.44. The zero-order chi connectivity index (χ0) is 26.9. The molecular weight excluding hydrogens is 470 g/mol. The van der Waals surface area contributed by atoms with Crippen LogP contribution in [0.3, 0.4) is 0 Å². The number of nitrogens with zero attached hydrogens (tertiary/aromatic N) is 1. The van der Waals surface area contributed by atoms with Gasteiger partial charge in [0, 0.05) is 19.0 Å². The summed E-state index contributed by atoms with van der Waals surface area (Å²) in [6.45, 7) is 7.84.